The summed E-state index contributed by atoms with van der Waals surface area (Å²) in [6.07, 6.45) is 2.83. The van der Waals surface area contributed by atoms with Crippen molar-refractivity contribution in [3.8, 4) is 0 Å². The number of anilines is 1. The molecule has 1 atom stereocenters. The summed E-state index contributed by atoms with van der Waals surface area (Å²) in [4.78, 5) is 4.27. The van der Waals surface area contributed by atoms with Gasteiger partial charge in [-0.1, -0.05) is 31.5 Å². The van der Waals surface area contributed by atoms with Crippen LogP contribution in [0.4, 0.5) is 5.69 Å². The molecule has 1 aliphatic carbocycles. The van der Waals surface area contributed by atoms with E-state index in [1.165, 1.54) is 11.1 Å². The van der Waals surface area contributed by atoms with Crippen LogP contribution in [0.5, 0.6) is 0 Å². The maximum atomic E-state index is 6.17. The van der Waals surface area contributed by atoms with Gasteiger partial charge in [0, 0.05) is 11.2 Å². The zero-order valence-electron chi connectivity index (χ0n) is 11.5. The van der Waals surface area contributed by atoms with Crippen molar-refractivity contribution in [1.82, 2.24) is 4.98 Å². The molecule has 1 aromatic carbocycles. The van der Waals surface area contributed by atoms with Crippen LogP contribution in [0.25, 0.3) is 0 Å². The lowest BCUT2D eigenvalue weighted by Crippen LogP contribution is -2.24. The molecule has 2 aromatic rings. The Morgan fingerprint density at radius 1 is 1.35 bits per heavy atom. The van der Waals surface area contributed by atoms with E-state index in [2.05, 4.69) is 52.2 Å². The van der Waals surface area contributed by atoms with E-state index < -0.39 is 0 Å². The van der Waals surface area contributed by atoms with Crippen LogP contribution in [0.3, 0.4) is 0 Å². The number of rotatable bonds is 2. The minimum atomic E-state index is 0.141. The first-order valence-electron chi connectivity index (χ1n) is 6.63. The van der Waals surface area contributed by atoms with Crippen molar-refractivity contribution < 1.29 is 0 Å². The second kappa shape index (κ2) is 5.05. The molecule has 0 radical (unpaired) electrons. The van der Waals surface area contributed by atoms with Crippen molar-refractivity contribution in [3.63, 3.8) is 0 Å². The number of hydrogen-bond donors (Lipinski definition) is 1. The van der Waals surface area contributed by atoms with Gasteiger partial charge in [0.2, 0.25) is 0 Å². The van der Waals surface area contributed by atoms with Gasteiger partial charge in [0.25, 0.3) is 0 Å². The fourth-order valence-corrected chi connectivity index (χ4v) is 3.48. The zero-order chi connectivity index (χ0) is 14.3. The Hall–Kier alpha value is -1.06. The van der Waals surface area contributed by atoms with Crippen LogP contribution >= 0.6 is 27.5 Å². The third-order valence-electron chi connectivity index (χ3n) is 3.91. The highest BCUT2D eigenvalue weighted by molar-refractivity contribution is 9.10. The van der Waals surface area contributed by atoms with Crippen molar-refractivity contribution in [2.24, 2.45) is 5.41 Å². The largest absolute Gasteiger partial charge is 0.375 e. The number of nitrogens with zero attached hydrogens (tertiary/aromatic N) is 1. The van der Waals surface area contributed by atoms with E-state index in [4.69, 9.17) is 11.6 Å². The molecule has 0 amide bonds. The smallest absolute Gasteiger partial charge is 0.129 e. The summed E-state index contributed by atoms with van der Waals surface area (Å²) in [6.45, 7) is 4.56. The number of pyridine rings is 1. The third kappa shape index (κ3) is 2.45. The highest BCUT2D eigenvalue weighted by atomic mass is 79.9. The van der Waals surface area contributed by atoms with Crippen LogP contribution in [0, 0.1) is 5.41 Å². The van der Waals surface area contributed by atoms with E-state index >= 15 is 0 Å². The Bertz CT molecular complexity index is 655. The Morgan fingerprint density at radius 3 is 2.90 bits per heavy atom. The molecule has 1 unspecified atom stereocenters. The van der Waals surface area contributed by atoms with Crippen LogP contribution in [0.1, 0.15) is 31.0 Å². The fraction of sp³-hybridized carbons (Fsp3) is 0.312. The summed E-state index contributed by atoms with van der Waals surface area (Å²) in [5.74, 6) is 0. The molecule has 104 valence electrons. The first-order valence-corrected chi connectivity index (χ1v) is 7.80. The Labute approximate surface area is 132 Å². The molecule has 0 saturated heterocycles. The number of halogens is 2. The van der Waals surface area contributed by atoms with Gasteiger partial charge in [-0.25, -0.2) is 4.98 Å². The van der Waals surface area contributed by atoms with E-state index in [-0.39, 0.29) is 11.5 Å². The number of benzene rings is 1. The predicted octanol–water partition coefficient (Wildman–Crippen LogP) is 5.23. The van der Waals surface area contributed by atoms with Gasteiger partial charge in [-0.05, 0) is 63.2 Å². The maximum absolute atomic E-state index is 6.17. The van der Waals surface area contributed by atoms with Gasteiger partial charge in [-0.3, -0.25) is 0 Å². The molecule has 1 N–H and O–H groups in total. The summed E-state index contributed by atoms with van der Waals surface area (Å²) in [7, 11) is 0. The summed E-state index contributed by atoms with van der Waals surface area (Å²) in [5, 5.41) is 4.41. The normalized spacial score (nSPS) is 19.7. The van der Waals surface area contributed by atoms with Crippen molar-refractivity contribution >= 4 is 33.2 Å². The molecule has 0 saturated carbocycles. The van der Waals surface area contributed by atoms with E-state index in [1.54, 1.807) is 6.20 Å². The molecule has 3 rings (SSSR count). The summed E-state index contributed by atoms with van der Waals surface area (Å²) >= 11 is 9.66. The summed E-state index contributed by atoms with van der Waals surface area (Å²) in [6, 6.07) is 10.4. The van der Waals surface area contributed by atoms with Gasteiger partial charge < -0.3 is 5.32 Å². The molecule has 1 aromatic heterocycles. The van der Waals surface area contributed by atoms with Gasteiger partial charge >= 0.3 is 0 Å². The number of nitrogens with one attached hydrogen (secondary N) is 1. The minimum absolute atomic E-state index is 0.141. The molecular weight excluding hydrogens is 336 g/mol. The van der Waals surface area contributed by atoms with Crippen LogP contribution < -0.4 is 5.32 Å². The third-order valence-corrected chi connectivity index (χ3v) is 4.77. The molecule has 0 bridgehead atoms. The first-order chi connectivity index (χ1) is 9.47. The van der Waals surface area contributed by atoms with Crippen molar-refractivity contribution in [3.05, 3.63) is 57.3 Å². The maximum Gasteiger partial charge on any atom is 0.129 e. The molecule has 4 heteroatoms. The molecule has 2 nitrogen and oxygen atoms in total. The van der Waals surface area contributed by atoms with Gasteiger partial charge in [0.1, 0.15) is 4.60 Å². The lowest BCUT2D eigenvalue weighted by molar-refractivity contribution is 0.337. The van der Waals surface area contributed by atoms with E-state index in [9.17, 15) is 0 Å². The van der Waals surface area contributed by atoms with Crippen LogP contribution in [-0.4, -0.2) is 4.98 Å². The van der Waals surface area contributed by atoms with Crippen LogP contribution in [0.15, 0.2) is 41.1 Å². The average Bonchev–Trinajstić information content (AvgIpc) is 2.63. The monoisotopic (exact) mass is 350 g/mol. The van der Waals surface area contributed by atoms with Gasteiger partial charge in [0.15, 0.2) is 0 Å². The molecular formula is C16H16BrClN2. The summed E-state index contributed by atoms with van der Waals surface area (Å²) < 4.78 is 0.839. The second-order valence-corrected chi connectivity index (χ2v) is 7.12. The molecule has 0 aliphatic heterocycles. The number of fused-ring (bicyclic) bond motifs is 1. The average molecular weight is 352 g/mol. The highest BCUT2D eigenvalue weighted by Crippen LogP contribution is 2.47. The zero-order valence-corrected chi connectivity index (χ0v) is 13.8. The van der Waals surface area contributed by atoms with E-state index in [0.717, 1.165) is 21.7 Å². The molecule has 1 heterocycles. The van der Waals surface area contributed by atoms with Crippen molar-refractivity contribution in [2.45, 2.75) is 26.3 Å². The predicted molar refractivity (Wildman–Crippen MR) is 87.2 cm³/mol. The molecule has 0 spiro atoms. The van der Waals surface area contributed by atoms with E-state index in [0.29, 0.717) is 0 Å². The van der Waals surface area contributed by atoms with Gasteiger partial charge in [0.05, 0.1) is 11.7 Å². The Kier molecular flexibility index (Phi) is 3.51. The lowest BCUT2D eigenvalue weighted by Gasteiger charge is -2.29. The van der Waals surface area contributed by atoms with Crippen LogP contribution in [0.2, 0.25) is 5.02 Å². The topological polar surface area (TPSA) is 24.9 Å². The molecule has 1 aliphatic rings. The Balaban J connectivity index is 2.00. The Morgan fingerprint density at radius 2 is 2.15 bits per heavy atom. The van der Waals surface area contributed by atoms with Crippen molar-refractivity contribution in [1.29, 1.82) is 0 Å². The first kappa shape index (κ1) is 13.9. The molecule has 20 heavy (non-hydrogen) atoms. The second-order valence-electron chi connectivity index (χ2n) is 5.93. The number of aromatic nitrogens is 1. The number of hydrogen-bond acceptors (Lipinski definition) is 2. The van der Waals surface area contributed by atoms with Crippen LogP contribution in [-0.2, 0) is 6.42 Å². The van der Waals surface area contributed by atoms with Gasteiger partial charge in [-0.15, -0.1) is 0 Å². The quantitative estimate of drug-likeness (QED) is 0.749. The highest BCUT2D eigenvalue weighted by Gasteiger charge is 2.39. The lowest BCUT2D eigenvalue weighted by atomic mass is 9.85. The van der Waals surface area contributed by atoms with E-state index in [1.807, 2.05) is 18.2 Å². The summed E-state index contributed by atoms with van der Waals surface area (Å²) in [5.41, 5.74) is 3.82. The fourth-order valence-electron chi connectivity index (χ4n) is 2.93. The SMILES string of the molecule is CC1(C)Cc2ccc(Cl)cc2C1Nc1cccnc1Br. The minimum Gasteiger partial charge on any atom is -0.375 e. The standard InChI is InChI=1S/C16H16BrClN2/c1-16(2)9-10-5-6-11(18)8-12(10)14(16)20-13-4-3-7-19-15(13)17/h3-8,14,20H,9H2,1-2H3. The molecule has 0 fully saturated rings. The van der Waals surface area contributed by atoms with Crippen molar-refractivity contribution in [2.75, 3.05) is 5.32 Å². The van der Waals surface area contributed by atoms with Gasteiger partial charge in [-0.2, -0.15) is 0 Å².